The fraction of sp³-hybridized carbons (Fsp3) is 0.889. The van der Waals surface area contributed by atoms with Crippen LogP contribution in [0.1, 0.15) is 27.7 Å². The van der Waals surface area contributed by atoms with E-state index in [0.717, 1.165) is 0 Å². The van der Waals surface area contributed by atoms with Crippen LogP contribution in [-0.4, -0.2) is 68.1 Å². The number of hydrogen-bond donors (Lipinski definition) is 0. The first-order valence-corrected chi connectivity index (χ1v) is 6.98. The Kier molecular flexibility index (Phi) is 3.26. The van der Waals surface area contributed by atoms with Crippen LogP contribution in [0.2, 0.25) is -1.52 Å². The van der Waals surface area contributed by atoms with Crippen molar-refractivity contribution in [2.24, 2.45) is 11.3 Å². The van der Waals surface area contributed by atoms with E-state index in [1.54, 1.807) is 0 Å². The first-order chi connectivity index (χ1) is 5.35. The van der Waals surface area contributed by atoms with Crippen molar-refractivity contribution in [1.82, 2.24) is 0 Å². The SMILES string of the molecule is CCOC(=O)C1C(C)(C)[C]1(C)[Rb]. The number of rotatable bonds is 2. The second kappa shape index (κ2) is 3.45. The molecule has 1 saturated carbocycles. The summed E-state index contributed by atoms with van der Waals surface area (Å²) in [5.74, 6) is 0.199. The van der Waals surface area contributed by atoms with Gasteiger partial charge in [0.1, 0.15) is 0 Å². The standard InChI is InChI=1S/C9H15O2.Rb/c1-5-11-8(10)7-6(2)9(7,3)4;/h7H,5H2,1-4H3;. The van der Waals surface area contributed by atoms with Crippen LogP contribution in [0.3, 0.4) is 0 Å². The Morgan fingerprint density at radius 1 is 1.50 bits per heavy atom. The van der Waals surface area contributed by atoms with Gasteiger partial charge in [-0.2, -0.15) is 0 Å². The molecular formula is C9H15O2Rb. The zero-order chi connectivity index (χ0) is 9.57. The zero-order valence-corrected chi connectivity index (χ0v) is 13.5. The molecule has 12 heavy (non-hydrogen) atoms. The third-order valence-electron chi connectivity index (χ3n) is 3.54. The summed E-state index contributed by atoms with van der Waals surface area (Å²) in [4.78, 5) is 11.4. The second-order valence-electron chi connectivity index (χ2n) is 4.63. The van der Waals surface area contributed by atoms with Crippen LogP contribution >= 0.6 is 0 Å². The van der Waals surface area contributed by atoms with E-state index in [4.69, 9.17) is 4.74 Å². The minimum absolute atomic E-state index is 0.0178. The van der Waals surface area contributed by atoms with E-state index < -0.39 is 0 Å². The van der Waals surface area contributed by atoms with E-state index in [1.807, 2.05) is 6.92 Å². The number of esters is 1. The van der Waals surface area contributed by atoms with Crippen molar-refractivity contribution in [3.8, 4) is 0 Å². The number of ether oxygens (including phenoxy) is 1. The van der Waals surface area contributed by atoms with Crippen molar-refractivity contribution in [2.75, 3.05) is 6.61 Å². The second-order valence-corrected chi connectivity index (χ2v) is 9.73. The summed E-state index contributed by atoms with van der Waals surface area (Å²) < 4.78 is 5.35. The quantitative estimate of drug-likeness (QED) is 0.685. The zero-order valence-electron chi connectivity index (χ0n) is 8.60. The Morgan fingerprint density at radius 3 is 2.17 bits per heavy atom. The first kappa shape index (κ1) is 11.4. The Labute approximate surface area is 113 Å². The van der Waals surface area contributed by atoms with Gasteiger partial charge in [0.05, 0.1) is 0 Å². The van der Waals surface area contributed by atoms with Gasteiger partial charge in [-0.3, -0.25) is 0 Å². The Hall–Kier alpha value is 1.28. The molecule has 1 rings (SSSR count). The predicted octanol–water partition coefficient (Wildman–Crippen LogP) is 1.55. The molecule has 1 fully saturated rings. The molecule has 2 unspecified atom stereocenters. The maximum absolute atomic E-state index is 11.4. The van der Waals surface area contributed by atoms with Crippen LogP contribution in [0.5, 0.6) is 0 Å². The summed E-state index contributed by atoms with van der Waals surface area (Å²) in [5.41, 5.74) is 0.204. The Balaban J connectivity index is 2.64. The van der Waals surface area contributed by atoms with Gasteiger partial charge in [-0.05, 0) is 0 Å². The van der Waals surface area contributed by atoms with Crippen LogP contribution < -0.4 is 0 Å². The molecule has 0 spiro atoms. The molecule has 0 aromatic heterocycles. The van der Waals surface area contributed by atoms with Gasteiger partial charge in [-0.1, -0.05) is 0 Å². The van der Waals surface area contributed by atoms with Gasteiger partial charge >= 0.3 is 115 Å². The van der Waals surface area contributed by atoms with Crippen molar-refractivity contribution in [1.29, 1.82) is 0 Å². The molecule has 0 amide bonds. The topological polar surface area (TPSA) is 26.3 Å². The fourth-order valence-corrected chi connectivity index (χ4v) is 4.72. The van der Waals surface area contributed by atoms with E-state index in [1.165, 1.54) is 0 Å². The maximum atomic E-state index is 11.4. The normalized spacial score (nSPS) is 37.7. The van der Waals surface area contributed by atoms with E-state index >= 15 is 0 Å². The van der Waals surface area contributed by atoms with Crippen LogP contribution in [0.4, 0.5) is 0 Å². The molecule has 0 bridgehead atoms. The third kappa shape index (κ3) is 1.60. The van der Waals surface area contributed by atoms with Gasteiger partial charge in [-0.15, -0.1) is 0 Å². The van der Waals surface area contributed by atoms with Crippen molar-refractivity contribution in [3.63, 3.8) is 0 Å². The number of carbonyl (C=O) groups is 1. The summed E-state index contributed by atoms with van der Waals surface area (Å²) in [6, 6.07) is 0. The summed E-state index contributed by atoms with van der Waals surface area (Å²) in [6.07, 6.45) is 0. The average Bonchev–Trinajstić information content (AvgIpc) is 2.24. The van der Waals surface area contributed by atoms with Crippen LogP contribution in [-0.2, 0) is 9.53 Å². The molecule has 1 aliphatic rings. The predicted molar refractivity (Wildman–Crippen MR) is 48.0 cm³/mol. The summed E-state index contributed by atoms with van der Waals surface area (Å²) in [5, 5.41) is 0. The molecule has 0 aliphatic heterocycles. The van der Waals surface area contributed by atoms with Crippen molar-refractivity contribution < 1.29 is 9.53 Å². The summed E-state index contributed by atoms with van der Waals surface area (Å²) in [7, 11) is 0. The van der Waals surface area contributed by atoms with Crippen molar-refractivity contribution in [3.05, 3.63) is 0 Å². The van der Waals surface area contributed by atoms with Gasteiger partial charge in [0.2, 0.25) is 0 Å². The van der Waals surface area contributed by atoms with E-state index in [9.17, 15) is 4.79 Å². The van der Waals surface area contributed by atoms with E-state index in [-0.39, 0.29) is 17.3 Å². The number of hydrogen-bond acceptors (Lipinski definition) is 2. The molecule has 2 atom stereocenters. The van der Waals surface area contributed by atoms with E-state index in [0.29, 0.717) is 60.6 Å². The fourth-order valence-electron chi connectivity index (χ4n) is 2.01. The van der Waals surface area contributed by atoms with Gasteiger partial charge in [0, 0.05) is 0 Å². The third-order valence-corrected chi connectivity index (χ3v) is 8.13. The molecule has 0 heterocycles. The Morgan fingerprint density at radius 2 is 1.92 bits per heavy atom. The molecule has 2 nitrogen and oxygen atoms in total. The molecule has 0 N–H and O–H groups in total. The first-order valence-electron chi connectivity index (χ1n) is 4.52. The monoisotopic (exact) mass is 240 g/mol. The molecule has 3 heteroatoms. The molecule has 0 aromatic carbocycles. The van der Waals surface area contributed by atoms with Crippen LogP contribution in [0.25, 0.3) is 0 Å². The average molecular weight is 241 g/mol. The van der Waals surface area contributed by atoms with Crippen LogP contribution in [0, 0.1) is 11.3 Å². The molecule has 0 aromatic rings. The van der Waals surface area contributed by atoms with Crippen LogP contribution in [0.15, 0.2) is 0 Å². The minimum atomic E-state index is 0.0178. The molecule has 0 radical (unpaired) electrons. The van der Waals surface area contributed by atoms with E-state index in [2.05, 4.69) is 20.8 Å². The van der Waals surface area contributed by atoms with Crippen molar-refractivity contribution in [2.45, 2.75) is 26.2 Å². The number of carbonyl (C=O) groups excluding carboxylic acids is 1. The molecular weight excluding hydrogens is 226 g/mol. The van der Waals surface area contributed by atoms with Gasteiger partial charge in [0.25, 0.3) is 0 Å². The molecule has 64 valence electrons. The van der Waals surface area contributed by atoms with Gasteiger partial charge in [-0.25, -0.2) is 0 Å². The molecule has 1 aliphatic carbocycles. The van der Waals surface area contributed by atoms with Gasteiger partial charge in [0.15, 0.2) is 0 Å². The summed E-state index contributed by atoms with van der Waals surface area (Å²) in [6.45, 7) is 8.93. The molecule has 0 saturated heterocycles. The van der Waals surface area contributed by atoms with Gasteiger partial charge < -0.3 is 0 Å². The summed E-state index contributed by atoms with van der Waals surface area (Å²) >= 11 is 0.524. The Bertz CT molecular complexity index is 195. The van der Waals surface area contributed by atoms with Crippen molar-refractivity contribution >= 4 is 61.5 Å².